The predicted octanol–water partition coefficient (Wildman–Crippen LogP) is 2.14. The summed E-state index contributed by atoms with van der Waals surface area (Å²) < 4.78 is 10.6. The predicted molar refractivity (Wildman–Crippen MR) is 80.8 cm³/mol. The van der Waals surface area contributed by atoms with Gasteiger partial charge in [-0.25, -0.2) is 0 Å². The lowest BCUT2D eigenvalue weighted by molar-refractivity contribution is -0.114. The highest BCUT2D eigenvalue weighted by Crippen LogP contribution is 2.39. The van der Waals surface area contributed by atoms with E-state index in [-0.39, 0.29) is 12.7 Å². The number of fused-ring (bicyclic) bond motifs is 1. The minimum atomic E-state index is -0.557. The number of nitrogens with two attached hydrogens (primary N) is 1. The first kappa shape index (κ1) is 13.9. The van der Waals surface area contributed by atoms with E-state index in [2.05, 4.69) is 5.32 Å². The van der Waals surface area contributed by atoms with Crippen LogP contribution in [-0.4, -0.2) is 18.6 Å². The van der Waals surface area contributed by atoms with Crippen molar-refractivity contribution in [2.24, 2.45) is 5.73 Å². The molecule has 0 fully saturated rings. The number of carbonyl (C=O) groups excluding carboxylic acids is 2. The number of ether oxygens (including phenoxy) is 2. The van der Waals surface area contributed by atoms with Crippen molar-refractivity contribution in [3.8, 4) is 22.6 Å². The number of carbonyl (C=O) groups is 2. The molecule has 0 unspecified atom stereocenters. The SMILES string of the molecule is CC(=O)Nc1cccc(-c2cc3c(cc2C(N)=O)OCO3)c1. The van der Waals surface area contributed by atoms with E-state index in [0.29, 0.717) is 28.3 Å². The first-order chi connectivity index (χ1) is 10.5. The molecule has 1 aliphatic rings. The summed E-state index contributed by atoms with van der Waals surface area (Å²) in [5, 5.41) is 2.70. The summed E-state index contributed by atoms with van der Waals surface area (Å²) in [5.74, 6) is 0.330. The summed E-state index contributed by atoms with van der Waals surface area (Å²) in [7, 11) is 0. The summed E-state index contributed by atoms with van der Waals surface area (Å²) in [6.07, 6.45) is 0. The van der Waals surface area contributed by atoms with Gasteiger partial charge in [0.1, 0.15) is 0 Å². The van der Waals surface area contributed by atoms with Gasteiger partial charge in [0.15, 0.2) is 11.5 Å². The number of benzene rings is 2. The molecular formula is C16H14N2O4. The van der Waals surface area contributed by atoms with Gasteiger partial charge >= 0.3 is 0 Å². The second-order valence-corrected chi connectivity index (χ2v) is 4.88. The number of nitrogens with one attached hydrogen (secondary N) is 1. The van der Waals surface area contributed by atoms with Crippen LogP contribution in [0.5, 0.6) is 11.5 Å². The van der Waals surface area contributed by atoms with Crippen molar-refractivity contribution < 1.29 is 19.1 Å². The quantitative estimate of drug-likeness (QED) is 0.908. The minimum Gasteiger partial charge on any atom is -0.454 e. The maximum Gasteiger partial charge on any atom is 0.249 e. The number of hydrogen-bond acceptors (Lipinski definition) is 4. The topological polar surface area (TPSA) is 90.7 Å². The normalized spacial score (nSPS) is 12.0. The Bertz CT molecular complexity index is 771. The van der Waals surface area contributed by atoms with Crippen LogP contribution in [0.3, 0.4) is 0 Å². The molecule has 2 amide bonds. The third kappa shape index (κ3) is 2.58. The molecule has 0 saturated carbocycles. The fourth-order valence-corrected chi connectivity index (χ4v) is 2.35. The molecule has 0 saturated heterocycles. The molecule has 112 valence electrons. The molecule has 22 heavy (non-hydrogen) atoms. The Kier molecular flexibility index (Phi) is 3.42. The number of hydrogen-bond donors (Lipinski definition) is 2. The first-order valence-electron chi connectivity index (χ1n) is 6.66. The molecule has 0 aromatic heterocycles. The Balaban J connectivity index is 2.11. The molecule has 0 aliphatic carbocycles. The van der Waals surface area contributed by atoms with Gasteiger partial charge in [0.25, 0.3) is 0 Å². The maximum atomic E-state index is 11.7. The lowest BCUT2D eigenvalue weighted by Gasteiger charge is -2.10. The van der Waals surface area contributed by atoms with Crippen molar-refractivity contribution in [2.45, 2.75) is 6.92 Å². The van der Waals surface area contributed by atoms with E-state index < -0.39 is 5.91 Å². The molecule has 2 aromatic carbocycles. The van der Waals surface area contributed by atoms with Gasteiger partial charge < -0.3 is 20.5 Å². The Hall–Kier alpha value is -3.02. The fraction of sp³-hybridized carbons (Fsp3) is 0.125. The van der Waals surface area contributed by atoms with Crippen molar-refractivity contribution in [1.29, 1.82) is 0 Å². The third-order valence-electron chi connectivity index (χ3n) is 3.27. The summed E-state index contributed by atoms with van der Waals surface area (Å²) in [5.41, 5.74) is 7.81. The van der Waals surface area contributed by atoms with Crippen molar-refractivity contribution in [3.63, 3.8) is 0 Å². The second-order valence-electron chi connectivity index (χ2n) is 4.88. The standard InChI is InChI=1S/C16H14N2O4/c1-9(19)18-11-4-2-3-10(5-11)12-6-14-15(22-8-21-14)7-13(12)16(17)20/h2-7H,8H2,1H3,(H2,17,20)(H,18,19). The van der Waals surface area contributed by atoms with E-state index in [0.717, 1.165) is 5.56 Å². The lowest BCUT2D eigenvalue weighted by atomic mass is 9.98. The van der Waals surface area contributed by atoms with Crippen molar-refractivity contribution in [1.82, 2.24) is 0 Å². The lowest BCUT2D eigenvalue weighted by Crippen LogP contribution is -2.12. The van der Waals surface area contributed by atoms with Crippen LogP contribution in [0.1, 0.15) is 17.3 Å². The molecule has 0 radical (unpaired) electrons. The van der Waals surface area contributed by atoms with Gasteiger partial charge in [-0.15, -0.1) is 0 Å². The summed E-state index contributed by atoms with van der Waals surface area (Å²) in [4.78, 5) is 22.9. The minimum absolute atomic E-state index is 0.114. The van der Waals surface area contributed by atoms with Gasteiger partial charge in [0, 0.05) is 12.6 Å². The van der Waals surface area contributed by atoms with E-state index in [9.17, 15) is 9.59 Å². The third-order valence-corrected chi connectivity index (χ3v) is 3.27. The average molecular weight is 298 g/mol. The first-order valence-corrected chi connectivity index (χ1v) is 6.66. The summed E-state index contributed by atoms with van der Waals surface area (Å²) >= 11 is 0. The monoisotopic (exact) mass is 298 g/mol. The van der Waals surface area contributed by atoms with E-state index in [1.165, 1.54) is 6.92 Å². The summed E-state index contributed by atoms with van der Waals surface area (Å²) in [6.45, 7) is 1.55. The number of anilines is 1. The van der Waals surface area contributed by atoms with Crippen LogP contribution in [0, 0.1) is 0 Å². The van der Waals surface area contributed by atoms with Crippen LogP contribution >= 0.6 is 0 Å². The molecule has 0 atom stereocenters. The van der Waals surface area contributed by atoms with Crippen LogP contribution in [0.4, 0.5) is 5.69 Å². The zero-order valence-electron chi connectivity index (χ0n) is 11.9. The molecule has 2 aromatic rings. The largest absolute Gasteiger partial charge is 0.454 e. The van der Waals surface area contributed by atoms with E-state index in [4.69, 9.17) is 15.2 Å². The van der Waals surface area contributed by atoms with E-state index in [1.54, 1.807) is 30.3 Å². The van der Waals surface area contributed by atoms with E-state index in [1.807, 2.05) is 6.07 Å². The molecule has 1 heterocycles. The smallest absolute Gasteiger partial charge is 0.249 e. The number of amides is 2. The maximum absolute atomic E-state index is 11.7. The molecule has 0 bridgehead atoms. The van der Waals surface area contributed by atoms with Crippen LogP contribution in [0.25, 0.3) is 11.1 Å². The Morgan fingerprint density at radius 2 is 1.86 bits per heavy atom. The Morgan fingerprint density at radius 3 is 2.55 bits per heavy atom. The molecule has 0 spiro atoms. The average Bonchev–Trinajstić information content (AvgIpc) is 2.92. The van der Waals surface area contributed by atoms with Gasteiger partial charge in [-0.1, -0.05) is 12.1 Å². The Morgan fingerprint density at radius 1 is 1.14 bits per heavy atom. The second kappa shape index (κ2) is 5.40. The van der Waals surface area contributed by atoms with Gasteiger partial charge in [-0.05, 0) is 35.4 Å². The molecule has 1 aliphatic heterocycles. The molecule has 3 N–H and O–H groups in total. The zero-order valence-corrected chi connectivity index (χ0v) is 11.9. The Labute approximate surface area is 126 Å². The van der Waals surface area contributed by atoms with Crippen LogP contribution in [0.2, 0.25) is 0 Å². The van der Waals surface area contributed by atoms with Gasteiger partial charge in [0.05, 0.1) is 5.56 Å². The highest BCUT2D eigenvalue weighted by molar-refractivity contribution is 6.01. The highest BCUT2D eigenvalue weighted by Gasteiger charge is 2.20. The number of rotatable bonds is 3. The van der Waals surface area contributed by atoms with Gasteiger partial charge in [-0.3, -0.25) is 9.59 Å². The molecule has 3 rings (SSSR count). The molecule has 6 heteroatoms. The van der Waals surface area contributed by atoms with Gasteiger partial charge in [-0.2, -0.15) is 0 Å². The van der Waals surface area contributed by atoms with Gasteiger partial charge in [0.2, 0.25) is 18.6 Å². The molecular weight excluding hydrogens is 284 g/mol. The van der Waals surface area contributed by atoms with Crippen LogP contribution in [-0.2, 0) is 4.79 Å². The van der Waals surface area contributed by atoms with Crippen molar-refractivity contribution in [2.75, 3.05) is 12.1 Å². The zero-order chi connectivity index (χ0) is 15.7. The van der Waals surface area contributed by atoms with Crippen LogP contribution < -0.4 is 20.5 Å². The van der Waals surface area contributed by atoms with Crippen molar-refractivity contribution in [3.05, 3.63) is 42.0 Å². The molecule has 6 nitrogen and oxygen atoms in total. The fourth-order valence-electron chi connectivity index (χ4n) is 2.35. The van der Waals surface area contributed by atoms with Crippen LogP contribution in [0.15, 0.2) is 36.4 Å². The highest BCUT2D eigenvalue weighted by atomic mass is 16.7. The van der Waals surface area contributed by atoms with E-state index >= 15 is 0 Å². The summed E-state index contributed by atoms with van der Waals surface area (Å²) in [6, 6.07) is 10.4. The van der Waals surface area contributed by atoms with Crippen molar-refractivity contribution >= 4 is 17.5 Å². The number of primary amides is 1.